The Morgan fingerprint density at radius 2 is 1.68 bits per heavy atom. The van der Waals surface area contributed by atoms with Crippen molar-refractivity contribution in [3.05, 3.63) is 42.1 Å². The van der Waals surface area contributed by atoms with E-state index in [4.69, 9.17) is 15.2 Å². The molecule has 0 bridgehead atoms. The summed E-state index contributed by atoms with van der Waals surface area (Å²) in [6.45, 7) is 19.1. The number of halogens is 1. The molecule has 1 saturated carbocycles. The van der Waals surface area contributed by atoms with Gasteiger partial charge >= 0.3 is 6.09 Å². The van der Waals surface area contributed by atoms with Gasteiger partial charge in [-0.15, -0.1) is 0 Å². The number of ether oxygens (including phenoxy) is 2. The van der Waals surface area contributed by atoms with Crippen LogP contribution in [0.1, 0.15) is 97.3 Å². The second-order valence-corrected chi connectivity index (χ2v) is 15.6. The van der Waals surface area contributed by atoms with E-state index in [1.807, 2.05) is 27.7 Å². The van der Waals surface area contributed by atoms with Gasteiger partial charge in [0.05, 0.1) is 11.8 Å². The maximum absolute atomic E-state index is 14.4. The van der Waals surface area contributed by atoms with Crippen molar-refractivity contribution in [1.82, 2.24) is 19.8 Å². The molecule has 2 aliphatic heterocycles. The van der Waals surface area contributed by atoms with E-state index in [9.17, 15) is 14.0 Å². The fraction of sp³-hybridized carbons (Fsp3) is 0.667. The van der Waals surface area contributed by atoms with Crippen LogP contribution in [0.2, 0.25) is 0 Å². The van der Waals surface area contributed by atoms with Gasteiger partial charge in [0.25, 0.3) is 5.91 Å². The number of carbonyl (C=O) groups is 2. The summed E-state index contributed by atoms with van der Waals surface area (Å²) in [7, 11) is 0. The van der Waals surface area contributed by atoms with Crippen LogP contribution in [0.15, 0.2) is 30.7 Å². The molecule has 1 spiro atoms. The van der Waals surface area contributed by atoms with Crippen LogP contribution in [0.5, 0.6) is 11.5 Å². The van der Waals surface area contributed by atoms with E-state index in [2.05, 4.69) is 40.5 Å². The van der Waals surface area contributed by atoms with Crippen molar-refractivity contribution in [2.75, 3.05) is 37.6 Å². The highest BCUT2D eigenvalue weighted by Crippen LogP contribution is 2.48. The van der Waals surface area contributed by atoms with Crippen LogP contribution in [0.3, 0.4) is 0 Å². The number of aromatic nitrogens is 2. The Balaban J connectivity index is 1.18. The smallest absolute Gasteiger partial charge is 0.405 e. The highest BCUT2D eigenvalue weighted by molar-refractivity contribution is 5.97. The monoisotopic (exact) mass is 652 g/mol. The lowest BCUT2D eigenvalue weighted by Crippen LogP contribution is -2.61. The molecular weight excluding hydrogens is 599 g/mol. The molecule has 0 radical (unpaired) electrons. The molecule has 1 aliphatic carbocycles. The summed E-state index contributed by atoms with van der Waals surface area (Å²) in [4.78, 5) is 40.5. The lowest BCUT2D eigenvalue weighted by atomic mass is 9.65. The first-order valence-corrected chi connectivity index (χ1v) is 17.2. The Labute approximate surface area is 279 Å². The van der Waals surface area contributed by atoms with Crippen LogP contribution in [0, 0.1) is 22.6 Å². The second-order valence-electron chi connectivity index (χ2n) is 15.6. The van der Waals surface area contributed by atoms with Gasteiger partial charge in [0.15, 0.2) is 11.6 Å². The van der Waals surface area contributed by atoms with E-state index in [1.165, 1.54) is 24.5 Å². The molecule has 2 saturated heterocycles. The molecule has 2 aromatic rings. The zero-order valence-corrected chi connectivity index (χ0v) is 29.2. The summed E-state index contributed by atoms with van der Waals surface area (Å²) >= 11 is 0. The summed E-state index contributed by atoms with van der Waals surface area (Å²) in [5, 5.41) is 0. The first-order chi connectivity index (χ1) is 22.1. The maximum Gasteiger partial charge on any atom is 0.405 e. The number of benzene rings is 1. The number of anilines is 1. The number of amides is 2. The van der Waals surface area contributed by atoms with Crippen LogP contribution in [0.25, 0.3) is 0 Å². The number of nitrogens with two attached hydrogens (primary N) is 1. The zero-order chi connectivity index (χ0) is 34.1. The van der Waals surface area contributed by atoms with E-state index < -0.39 is 17.5 Å². The first kappa shape index (κ1) is 34.9. The molecule has 258 valence electrons. The Morgan fingerprint density at radius 3 is 2.26 bits per heavy atom. The predicted octanol–water partition coefficient (Wildman–Crippen LogP) is 6.64. The highest BCUT2D eigenvalue weighted by atomic mass is 19.1. The largest absolute Gasteiger partial charge is 0.451 e. The molecule has 10 nitrogen and oxygen atoms in total. The average molecular weight is 653 g/mol. The topological polar surface area (TPSA) is 114 Å². The van der Waals surface area contributed by atoms with Gasteiger partial charge in [0, 0.05) is 42.5 Å². The Bertz CT molecular complexity index is 1410. The molecule has 3 fully saturated rings. The number of hydrogen-bond donors (Lipinski definition) is 1. The van der Waals surface area contributed by atoms with E-state index >= 15 is 0 Å². The van der Waals surface area contributed by atoms with Gasteiger partial charge in [0.2, 0.25) is 0 Å². The Hall–Kier alpha value is -3.47. The van der Waals surface area contributed by atoms with Crippen molar-refractivity contribution in [2.24, 2.45) is 22.5 Å². The van der Waals surface area contributed by atoms with E-state index in [1.54, 1.807) is 11.1 Å². The van der Waals surface area contributed by atoms with Crippen LogP contribution in [-0.4, -0.2) is 82.2 Å². The normalized spacial score (nSPS) is 23.1. The zero-order valence-electron chi connectivity index (χ0n) is 29.2. The minimum absolute atomic E-state index is 0.0589. The molecule has 2 N–H and O–H groups in total. The van der Waals surface area contributed by atoms with Crippen LogP contribution < -0.4 is 15.4 Å². The van der Waals surface area contributed by atoms with E-state index in [0.29, 0.717) is 17.5 Å². The highest BCUT2D eigenvalue weighted by Gasteiger charge is 2.49. The SMILES string of the molecule is CC(C)N(C(=O)c1cc(F)ccc1Oc1cncnc1N1CC2(CCN(CC3CCC(OC(N)=O)(C(C)(C)C)CC3)CC2)C1)C(C)C. The molecule has 3 heterocycles. The van der Waals surface area contributed by atoms with Crippen molar-refractivity contribution >= 4 is 17.8 Å². The number of primary amides is 1. The van der Waals surface area contributed by atoms with Crippen LogP contribution in [0.4, 0.5) is 15.0 Å². The minimum atomic E-state index is -0.676. The number of carbonyl (C=O) groups excluding carboxylic acids is 2. The number of nitrogens with zero attached hydrogens (tertiary/aromatic N) is 5. The maximum atomic E-state index is 14.4. The van der Waals surface area contributed by atoms with Crippen molar-refractivity contribution in [1.29, 1.82) is 0 Å². The Kier molecular flexibility index (Phi) is 10.1. The van der Waals surface area contributed by atoms with Gasteiger partial charge in [0.1, 0.15) is 23.5 Å². The molecule has 1 aromatic heterocycles. The van der Waals surface area contributed by atoms with Crippen molar-refractivity contribution in [3.63, 3.8) is 0 Å². The minimum Gasteiger partial charge on any atom is -0.451 e. The third-order valence-electron chi connectivity index (χ3n) is 10.8. The lowest BCUT2D eigenvalue weighted by Gasteiger charge is -2.55. The fourth-order valence-electron chi connectivity index (χ4n) is 8.03. The summed E-state index contributed by atoms with van der Waals surface area (Å²) in [5.74, 6) is 1.23. The molecule has 1 aromatic carbocycles. The number of likely N-dealkylation sites (tertiary alicyclic amines) is 1. The summed E-state index contributed by atoms with van der Waals surface area (Å²) in [5.41, 5.74) is 5.22. The van der Waals surface area contributed by atoms with Gasteiger partial charge in [-0.25, -0.2) is 19.2 Å². The number of rotatable bonds is 9. The van der Waals surface area contributed by atoms with Crippen molar-refractivity contribution in [2.45, 2.75) is 105 Å². The average Bonchev–Trinajstić information content (AvgIpc) is 2.97. The predicted molar refractivity (Wildman–Crippen MR) is 180 cm³/mol. The van der Waals surface area contributed by atoms with Gasteiger partial charge in [-0.05, 0) is 103 Å². The quantitative estimate of drug-likeness (QED) is 0.321. The second kappa shape index (κ2) is 13.6. The van der Waals surface area contributed by atoms with Crippen LogP contribution >= 0.6 is 0 Å². The summed E-state index contributed by atoms with van der Waals surface area (Å²) in [6, 6.07) is 3.94. The molecule has 0 unspecified atom stereocenters. The third kappa shape index (κ3) is 7.50. The third-order valence-corrected chi connectivity index (χ3v) is 10.8. The van der Waals surface area contributed by atoms with E-state index in [-0.39, 0.29) is 40.1 Å². The standard InChI is InChI=1S/C36H53FN6O4/c1-24(2)43(25(3)4)32(44)28-18-27(37)8-9-29(28)46-30-19-39-23-40-31(30)42-21-35(22-42)14-16-41(17-15-35)20-26-10-12-36(13-11-26,34(5,6)7)47-33(38)45/h8-9,18-19,23-26H,10-17,20-22H2,1-7H3,(H2,38,45). The molecular formula is C36H53FN6O4. The summed E-state index contributed by atoms with van der Waals surface area (Å²) in [6.07, 6.45) is 8.45. The fourth-order valence-corrected chi connectivity index (χ4v) is 8.03. The van der Waals surface area contributed by atoms with Gasteiger partial charge in [-0.3, -0.25) is 4.79 Å². The van der Waals surface area contributed by atoms with Gasteiger partial charge in [-0.2, -0.15) is 0 Å². The van der Waals surface area contributed by atoms with Gasteiger partial charge < -0.3 is 29.9 Å². The first-order valence-electron chi connectivity index (χ1n) is 17.2. The molecule has 2 amide bonds. The Morgan fingerprint density at radius 1 is 1.04 bits per heavy atom. The molecule has 0 atom stereocenters. The molecule has 5 rings (SSSR count). The van der Waals surface area contributed by atoms with Crippen molar-refractivity contribution < 1.29 is 23.5 Å². The van der Waals surface area contributed by atoms with E-state index in [0.717, 1.165) is 71.2 Å². The van der Waals surface area contributed by atoms with Gasteiger partial charge in [-0.1, -0.05) is 20.8 Å². The molecule has 3 aliphatic rings. The lowest BCUT2D eigenvalue weighted by molar-refractivity contribution is -0.0990. The number of piperidine rings is 1. The molecule has 11 heteroatoms. The number of hydrogen-bond acceptors (Lipinski definition) is 8. The summed E-state index contributed by atoms with van der Waals surface area (Å²) < 4.78 is 26.4. The van der Waals surface area contributed by atoms with Crippen molar-refractivity contribution in [3.8, 4) is 11.5 Å². The van der Waals surface area contributed by atoms with Crippen LogP contribution in [-0.2, 0) is 4.74 Å². The molecule has 47 heavy (non-hydrogen) atoms.